The predicted octanol–water partition coefficient (Wildman–Crippen LogP) is 1.97. The number of nitrogens with zero attached hydrogens (tertiary/aromatic N) is 1. The van der Waals surface area contributed by atoms with Crippen LogP contribution in [0.25, 0.3) is 10.9 Å². The second-order valence-corrected chi connectivity index (χ2v) is 4.38. The molecule has 0 spiro atoms. The van der Waals surface area contributed by atoms with Gasteiger partial charge < -0.3 is 10.8 Å². The number of carboxylic acid groups (broad SMARTS) is 1. The number of rotatable bonds is 5. The molecule has 3 N–H and O–H groups in total. The Bertz CT molecular complexity index is 549. The summed E-state index contributed by atoms with van der Waals surface area (Å²) in [5.41, 5.74) is 8.03. The van der Waals surface area contributed by atoms with Gasteiger partial charge in [-0.15, -0.1) is 0 Å². The molecule has 4 heteroatoms. The second-order valence-electron chi connectivity index (χ2n) is 4.38. The van der Waals surface area contributed by atoms with Gasteiger partial charge in [0.05, 0.1) is 5.52 Å². The number of aromatic nitrogens is 1. The molecule has 94 valence electrons. The van der Waals surface area contributed by atoms with Gasteiger partial charge in [-0.3, -0.25) is 9.78 Å². The average Bonchev–Trinajstić information content (AvgIpc) is 2.37. The van der Waals surface area contributed by atoms with E-state index in [2.05, 4.69) is 4.98 Å². The van der Waals surface area contributed by atoms with Gasteiger partial charge in [-0.1, -0.05) is 18.2 Å². The molecule has 1 atom stereocenters. The summed E-state index contributed by atoms with van der Waals surface area (Å²) in [6, 6.07) is 9.71. The summed E-state index contributed by atoms with van der Waals surface area (Å²) < 4.78 is 0. The molecule has 2 rings (SSSR count). The third kappa shape index (κ3) is 3.05. The highest BCUT2D eigenvalue weighted by Gasteiger charge is 2.09. The molecular weight excluding hydrogens is 228 g/mol. The van der Waals surface area contributed by atoms with Crippen LogP contribution in [-0.4, -0.2) is 22.1 Å². The number of benzene rings is 1. The maximum atomic E-state index is 10.5. The molecule has 2 aromatic rings. The molecule has 0 amide bonds. The van der Waals surface area contributed by atoms with Crippen molar-refractivity contribution in [3.8, 4) is 0 Å². The highest BCUT2D eigenvalue weighted by atomic mass is 16.4. The summed E-state index contributed by atoms with van der Waals surface area (Å²) in [5, 5.41) is 9.72. The summed E-state index contributed by atoms with van der Waals surface area (Å²) >= 11 is 0. The van der Waals surface area contributed by atoms with Crippen molar-refractivity contribution in [3.63, 3.8) is 0 Å². The van der Waals surface area contributed by atoms with E-state index in [0.29, 0.717) is 12.8 Å². The third-order valence-electron chi connectivity index (χ3n) is 2.95. The average molecular weight is 244 g/mol. The van der Waals surface area contributed by atoms with Crippen molar-refractivity contribution in [1.82, 2.24) is 4.98 Å². The molecule has 0 aliphatic heterocycles. The van der Waals surface area contributed by atoms with Crippen molar-refractivity contribution >= 4 is 16.9 Å². The number of carbonyl (C=O) groups is 1. The summed E-state index contributed by atoms with van der Waals surface area (Å²) in [7, 11) is 0. The monoisotopic (exact) mass is 244 g/mol. The highest BCUT2D eigenvalue weighted by Crippen LogP contribution is 2.18. The van der Waals surface area contributed by atoms with Crippen LogP contribution in [0, 0.1) is 0 Å². The Morgan fingerprint density at radius 2 is 2.11 bits per heavy atom. The van der Waals surface area contributed by atoms with Crippen LogP contribution in [0.1, 0.15) is 18.4 Å². The first kappa shape index (κ1) is 12.5. The molecule has 0 fully saturated rings. The van der Waals surface area contributed by atoms with E-state index in [-0.39, 0.29) is 12.5 Å². The lowest BCUT2D eigenvalue weighted by molar-refractivity contribution is -0.137. The number of nitrogens with two attached hydrogens (primary N) is 1. The SMILES string of the molecule is NC(CCC(=O)O)Cc1ccnc2ccccc12. The van der Waals surface area contributed by atoms with Crippen molar-refractivity contribution < 1.29 is 9.90 Å². The normalized spacial score (nSPS) is 12.5. The summed E-state index contributed by atoms with van der Waals surface area (Å²) in [4.78, 5) is 14.8. The molecule has 4 nitrogen and oxygen atoms in total. The molecule has 1 aromatic heterocycles. The molecule has 0 saturated carbocycles. The van der Waals surface area contributed by atoms with Crippen molar-refractivity contribution in [3.05, 3.63) is 42.1 Å². The van der Waals surface area contributed by atoms with E-state index in [1.807, 2.05) is 30.3 Å². The lowest BCUT2D eigenvalue weighted by Crippen LogP contribution is -2.23. The smallest absolute Gasteiger partial charge is 0.303 e. The van der Waals surface area contributed by atoms with Crippen LogP contribution in [0.5, 0.6) is 0 Å². The van der Waals surface area contributed by atoms with E-state index in [4.69, 9.17) is 10.8 Å². The van der Waals surface area contributed by atoms with Crippen molar-refractivity contribution in [2.75, 3.05) is 0 Å². The molecule has 0 aliphatic carbocycles. The van der Waals surface area contributed by atoms with Gasteiger partial charge in [0.25, 0.3) is 0 Å². The van der Waals surface area contributed by atoms with Crippen molar-refractivity contribution in [1.29, 1.82) is 0 Å². The van der Waals surface area contributed by atoms with Gasteiger partial charge in [0.1, 0.15) is 0 Å². The predicted molar refractivity (Wildman–Crippen MR) is 70.3 cm³/mol. The van der Waals surface area contributed by atoms with Gasteiger partial charge in [0, 0.05) is 24.0 Å². The second kappa shape index (κ2) is 5.60. The number of pyridine rings is 1. The van der Waals surface area contributed by atoms with E-state index in [9.17, 15) is 4.79 Å². The highest BCUT2D eigenvalue weighted by molar-refractivity contribution is 5.81. The Labute approximate surface area is 105 Å². The number of hydrogen-bond acceptors (Lipinski definition) is 3. The fraction of sp³-hybridized carbons (Fsp3) is 0.286. The molecule has 18 heavy (non-hydrogen) atoms. The van der Waals surface area contributed by atoms with Crippen LogP contribution in [0.3, 0.4) is 0 Å². The zero-order chi connectivity index (χ0) is 13.0. The minimum atomic E-state index is -0.801. The third-order valence-corrected chi connectivity index (χ3v) is 2.95. The van der Waals surface area contributed by atoms with E-state index in [1.54, 1.807) is 6.20 Å². The number of para-hydroxylation sites is 1. The Morgan fingerprint density at radius 1 is 1.33 bits per heavy atom. The van der Waals surface area contributed by atoms with Crippen LogP contribution < -0.4 is 5.73 Å². The van der Waals surface area contributed by atoms with Crippen molar-refractivity contribution in [2.24, 2.45) is 5.73 Å². The minimum Gasteiger partial charge on any atom is -0.481 e. The Balaban J connectivity index is 2.14. The number of hydrogen-bond donors (Lipinski definition) is 2. The topological polar surface area (TPSA) is 76.2 Å². The molecule has 1 unspecified atom stereocenters. The van der Waals surface area contributed by atoms with Gasteiger partial charge in [-0.25, -0.2) is 0 Å². The molecular formula is C14H16N2O2. The largest absolute Gasteiger partial charge is 0.481 e. The number of fused-ring (bicyclic) bond motifs is 1. The van der Waals surface area contributed by atoms with E-state index in [1.165, 1.54) is 0 Å². The van der Waals surface area contributed by atoms with Crippen LogP contribution in [-0.2, 0) is 11.2 Å². The standard InChI is InChI=1S/C14H16N2O2/c15-11(5-6-14(17)18)9-10-7-8-16-13-4-2-1-3-12(10)13/h1-4,7-8,11H,5-6,9,15H2,(H,17,18). The maximum Gasteiger partial charge on any atom is 0.303 e. The summed E-state index contributed by atoms with van der Waals surface area (Å²) in [5.74, 6) is -0.801. The molecule has 1 aromatic carbocycles. The van der Waals surface area contributed by atoms with Crippen LogP contribution in [0.4, 0.5) is 0 Å². The lowest BCUT2D eigenvalue weighted by atomic mass is 9.99. The minimum absolute atomic E-state index is 0.115. The zero-order valence-electron chi connectivity index (χ0n) is 10.0. The van der Waals surface area contributed by atoms with Gasteiger partial charge in [0.15, 0.2) is 0 Å². The Kier molecular flexibility index (Phi) is 3.89. The maximum absolute atomic E-state index is 10.5. The molecule has 1 heterocycles. The summed E-state index contributed by atoms with van der Waals surface area (Å²) in [6.07, 6.45) is 3.05. The first-order chi connectivity index (χ1) is 8.66. The van der Waals surface area contributed by atoms with Crippen LogP contribution >= 0.6 is 0 Å². The fourth-order valence-electron chi connectivity index (χ4n) is 2.03. The number of aliphatic carboxylic acids is 1. The first-order valence-electron chi connectivity index (χ1n) is 5.97. The van der Waals surface area contributed by atoms with Gasteiger partial charge >= 0.3 is 5.97 Å². The van der Waals surface area contributed by atoms with Gasteiger partial charge in [0.2, 0.25) is 0 Å². The van der Waals surface area contributed by atoms with Gasteiger partial charge in [-0.05, 0) is 30.5 Å². The lowest BCUT2D eigenvalue weighted by Gasteiger charge is -2.12. The fourth-order valence-corrected chi connectivity index (χ4v) is 2.03. The Morgan fingerprint density at radius 3 is 2.89 bits per heavy atom. The van der Waals surface area contributed by atoms with Crippen LogP contribution in [0.15, 0.2) is 36.5 Å². The number of carboxylic acids is 1. The zero-order valence-corrected chi connectivity index (χ0v) is 10.0. The van der Waals surface area contributed by atoms with E-state index < -0.39 is 5.97 Å². The van der Waals surface area contributed by atoms with Crippen molar-refractivity contribution in [2.45, 2.75) is 25.3 Å². The van der Waals surface area contributed by atoms with Gasteiger partial charge in [-0.2, -0.15) is 0 Å². The summed E-state index contributed by atoms with van der Waals surface area (Å²) in [6.45, 7) is 0. The molecule has 0 saturated heterocycles. The Hall–Kier alpha value is -1.94. The first-order valence-corrected chi connectivity index (χ1v) is 5.97. The molecule has 0 bridgehead atoms. The molecule has 0 aliphatic rings. The van der Waals surface area contributed by atoms with Crippen LogP contribution in [0.2, 0.25) is 0 Å². The van der Waals surface area contributed by atoms with E-state index >= 15 is 0 Å². The molecule has 0 radical (unpaired) electrons. The quantitative estimate of drug-likeness (QED) is 0.843. The van der Waals surface area contributed by atoms with E-state index in [0.717, 1.165) is 16.5 Å².